The predicted molar refractivity (Wildman–Crippen MR) is 113 cm³/mol. The molecule has 2 aliphatic heterocycles. The molecule has 0 amide bonds. The average molecular weight is 434 g/mol. The van der Waals surface area contributed by atoms with Crippen LogP contribution in [0.5, 0.6) is 0 Å². The molecular weight excluding hydrogens is 416 g/mol. The topological polar surface area (TPSA) is 113 Å². The third-order valence-corrected chi connectivity index (χ3v) is 6.65. The van der Waals surface area contributed by atoms with Gasteiger partial charge >= 0.3 is 0 Å². The van der Waals surface area contributed by atoms with E-state index in [0.717, 1.165) is 5.69 Å². The molecular formula is C21H18N6O3S. The molecule has 2 aromatic carbocycles. The lowest BCUT2D eigenvalue weighted by atomic mass is 9.97. The highest BCUT2D eigenvalue weighted by molar-refractivity contribution is 7.90. The zero-order valence-corrected chi connectivity index (χ0v) is 17.2. The van der Waals surface area contributed by atoms with Crippen LogP contribution in [0.3, 0.4) is 0 Å². The normalized spacial score (nSPS) is 18.2. The van der Waals surface area contributed by atoms with Gasteiger partial charge in [-0.2, -0.15) is 18.1 Å². The highest BCUT2D eigenvalue weighted by Gasteiger charge is 2.37. The number of nitriles is 1. The van der Waals surface area contributed by atoms with Crippen LogP contribution in [0, 0.1) is 11.3 Å². The third kappa shape index (κ3) is 3.28. The van der Waals surface area contributed by atoms with E-state index in [1.165, 1.54) is 6.07 Å². The number of morpholine rings is 1. The molecule has 10 heteroatoms. The first kappa shape index (κ1) is 19.4. The summed E-state index contributed by atoms with van der Waals surface area (Å²) >= 11 is 0. The second-order valence-electron chi connectivity index (χ2n) is 7.14. The fourth-order valence-electron chi connectivity index (χ4n) is 3.85. The van der Waals surface area contributed by atoms with Crippen molar-refractivity contribution in [1.29, 1.82) is 5.26 Å². The van der Waals surface area contributed by atoms with Gasteiger partial charge in [0.15, 0.2) is 11.7 Å². The maximum absolute atomic E-state index is 12.6. The number of hydrogen-bond acceptors (Lipinski definition) is 7. The van der Waals surface area contributed by atoms with Gasteiger partial charge in [-0.3, -0.25) is 4.57 Å². The summed E-state index contributed by atoms with van der Waals surface area (Å²) in [6.07, 6.45) is 0. The van der Waals surface area contributed by atoms with Crippen molar-refractivity contribution >= 4 is 21.7 Å². The van der Waals surface area contributed by atoms with Crippen LogP contribution in [0.15, 0.2) is 63.9 Å². The van der Waals surface area contributed by atoms with Crippen molar-refractivity contribution < 1.29 is 13.2 Å². The van der Waals surface area contributed by atoms with Crippen LogP contribution >= 0.6 is 0 Å². The number of nitrogens with zero attached hydrogens (tertiary/aromatic N) is 6. The molecule has 1 atom stereocenters. The Balaban J connectivity index is 1.68. The van der Waals surface area contributed by atoms with Crippen LogP contribution in [0.4, 0.5) is 5.95 Å². The summed E-state index contributed by atoms with van der Waals surface area (Å²) in [5, 5.41) is 18.8. The van der Waals surface area contributed by atoms with Crippen LogP contribution in [0.25, 0.3) is 5.69 Å². The molecule has 0 aliphatic carbocycles. The zero-order chi connectivity index (χ0) is 21.4. The number of benzene rings is 2. The summed E-state index contributed by atoms with van der Waals surface area (Å²) < 4.78 is 36.3. The first-order chi connectivity index (χ1) is 15.1. The maximum Gasteiger partial charge on any atom is 0.283 e. The van der Waals surface area contributed by atoms with Gasteiger partial charge in [0.2, 0.25) is 5.95 Å². The van der Waals surface area contributed by atoms with Crippen molar-refractivity contribution in [2.45, 2.75) is 10.8 Å². The Kier molecular flexibility index (Phi) is 4.77. The van der Waals surface area contributed by atoms with Gasteiger partial charge in [0.1, 0.15) is 0 Å². The summed E-state index contributed by atoms with van der Waals surface area (Å²) in [6, 6.07) is 18.2. The smallest absolute Gasteiger partial charge is 0.283 e. The summed E-state index contributed by atoms with van der Waals surface area (Å²) in [6.45, 7) is 2.41. The molecule has 2 aliphatic rings. The van der Waals surface area contributed by atoms with Gasteiger partial charge in [-0.15, -0.1) is 10.2 Å². The van der Waals surface area contributed by atoms with E-state index in [-0.39, 0.29) is 10.6 Å². The number of aromatic nitrogens is 3. The van der Waals surface area contributed by atoms with Gasteiger partial charge in [0.05, 0.1) is 35.6 Å². The molecule has 0 spiro atoms. The summed E-state index contributed by atoms with van der Waals surface area (Å²) in [5.41, 5.74) is 1.36. The Morgan fingerprint density at radius 2 is 1.71 bits per heavy atom. The number of fused-ring (bicyclic) bond motifs is 1. The van der Waals surface area contributed by atoms with E-state index in [2.05, 4.69) is 20.7 Å². The van der Waals surface area contributed by atoms with E-state index in [4.69, 9.17) is 4.74 Å². The van der Waals surface area contributed by atoms with Crippen LogP contribution in [-0.2, 0) is 14.8 Å². The van der Waals surface area contributed by atoms with E-state index in [1.54, 1.807) is 22.8 Å². The number of ether oxygens (including phenoxy) is 1. The Bertz CT molecular complexity index is 1300. The first-order valence-electron chi connectivity index (χ1n) is 9.77. The molecule has 3 heterocycles. The van der Waals surface area contributed by atoms with Crippen LogP contribution < -0.4 is 4.90 Å². The predicted octanol–water partition coefficient (Wildman–Crippen LogP) is 1.90. The van der Waals surface area contributed by atoms with Gasteiger partial charge in [0, 0.05) is 18.7 Å². The van der Waals surface area contributed by atoms with Gasteiger partial charge in [-0.05, 0) is 18.2 Å². The van der Waals surface area contributed by atoms with Gasteiger partial charge in [-0.1, -0.05) is 36.4 Å². The lowest BCUT2D eigenvalue weighted by molar-refractivity contribution is 0.122. The molecule has 5 rings (SSSR count). The van der Waals surface area contributed by atoms with Crippen molar-refractivity contribution in [1.82, 2.24) is 14.8 Å². The Hall–Kier alpha value is -3.55. The monoisotopic (exact) mass is 434 g/mol. The van der Waals surface area contributed by atoms with Crippen molar-refractivity contribution in [3.63, 3.8) is 0 Å². The number of rotatable bonds is 4. The van der Waals surface area contributed by atoms with E-state index in [9.17, 15) is 13.7 Å². The molecule has 3 aromatic rings. The minimum atomic E-state index is -3.86. The molecule has 9 nitrogen and oxygen atoms in total. The molecule has 1 aromatic heterocycles. The van der Waals surface area contributed by atoms with E-state index < -0.39 is 15.9 Å². The molecule has 1 saturated heterocycles. The summed E-state index contributed by atoms with van der Waals surface area (Å²) in [4.78, 5) is 2.15. The second kappa shape index (κ2) is 7.61. The van der Waals surface area contributed by atoms with Gasteiger partial charge in [0.25, 0.3) is 10.0 Å². The highest BCUT2D eigenvalue weighted by Crippen LogP contribution is 2.34. The standard InChI is InChI=1S/C21H18N6O3S/c22-14-17(19-16-8-4-5-9-18(16)31(28,29)25-19)20-23-24-21(26-10-12-30-13-11-26)27(20)15-6-2-1-3-7-15/h1-9,17H,10-13H2. The Labute approximate surface area is 179 Å². The van der Waals surface area contributed by atoms with Gasteiger partial charge < -0.3 is 9.64 Å². The largest absolute Gasteiger partial charge is 0.378 e. The fraction of sp³-hybridized carbons (Fsp3) is 0.238. The average Bonchev–Trinajstić information content (AvgIpc) is 3.35. The quantitative estimate of drug-likeness (QED) is 0.616. The first-order valence-corrected chi connectivity index (χ1v) is 11.2. The molecule has 1 fully saturated rings. The Morgan fingerprint density at radius 3 is 2.45 bits per heavy atom. The van der Waals surface area contributed by atoms with Crippen molar-refractivity contribution in [2.24, 2.45) is 4.40 Å². The molecule has 156 valence electrons. The number of para-hydroxylation sites is 1. The molecule has 0 radical (unpaired) electrons. The molecule has 0 saturated carbocycles. The molecule has 1 unspecified atom stereocenters. The third-order valence-electron chi connectivity index (χ3n) is 5.30. The Morgan fingerprint density at radius 1 is 1.00 bits per heavy atom. The minimum absolute atomic E-state index is 0.101. The molecule has 31 heavy (non-hydrogen) atoms. The summed E-state index contributed by atoms with van der Waals surface area (Å²) in [5.74, 6) is -0.110. The van der Waals surface area contributed by atoms with E-state index >= 15 is 0 Å². The van der Waals surface area contributed by atoms with Crippen LogP contribution in [-0.4, -0.2) is 55.2 Å². The van der Waals surface area contributed by atoms with Crippen molar-refractivity contribution in [3.05, 3.63) is 66.0 Å². The second-order valence-corrected chi connectivity index (χ2v) is 8.71. The van der Waals surface area contributed by atoms with Crippen LogP contribution in [0.1, 0.15) is 17.3 Å². The number of hydrogen-bond donors (Lipinski definition) is 0. The van der Waals surface area contributed by atoms with Crippen molar-refractivity contribution in [2.75, 3.05) is 31.2 Å². The lowest BCUT2D eigenvalue weighted by Crippen LogP contribution is -2.38. The van der Waals surface area contributed by atoms with Gasteiger partial charge in [-0.25, -0.2) is 0 Å². The SMILES string of the molecule is N#CC(C1=NS(=O)(=O)c2ccccc21)c1nnc(N2CCOCC2)n1-c1ccccc1. The van der Waals surface area contributed by atoms with E-state index in [1.807, 2.05) is 35.2 Å². The minimum Gasteiger partial charge on any atom is -0.378 e. The van der Waals surface area contributed by atoms with E-state index in [0.29, 0.717) is 43.6 Å². The van der Waals surface area contributed by atoms with Crippen LogP contribution in [0.2, 0.25) is 0 Å². The number of sulfonamides is 1. The molecule has 0 N–H and O–H groups in total. The summed E-state index contributed by atoms with van der Waals surface area (Å²) in [7, 11) is -3.86. The molecule has 0 bridgehead atoms. The van der Waals surface area contributed by atoms with Crippen molar-refractivity contribution in [3.8, 4) is 11.8 Å². The number of anilines is 1. The fourth-order valence-corrected chi connectivity index (χ4v) is 5.11. The lowest BCUT2D eigenvalue weighted by Gasteiger charge is -2.28. The highest BCUT2D eigenvalue weighted by atomic mass is 32.2. The zero-order valence-electron chi connectivity index (χ0n) is 16.4. The maximum atomic E-state index is 12.6.